The summed E-state index contributed by atoms with van der Waals surface area (Å²) in [5, 5.41) is 0.663. The van der Waals surface area contributed by atoms with Crippen molar-refractivity contribution in [3.63, 3.8) is 0 Å². The molecule has 1 aliphatic heterocycles. The molecular formula is C35H43ClN4O. The summed E-state index contributed by atoms with van der Waals surface area (Å²) in [7, 11) is 1.71. The molecule has 2 unspecified atom stereocenters. The molecule has 0 spiro atoms. The van der Waals surface area contributed by atoms with Crippen molar-refractivity contribution in [2.75, 3.05) is 26.7 Å². The second kappa shape index (κ2) is 13.2. The van der Waals surface area contributed by atoms with Gasteiger partial charge in [0.05, 0.1) is 40.1 Å². The molecule has 2 atom stereocenters. The van der Waals surface area contributed by atoms with Crippen molar-refractivity contribution in [2.24, 2.45) is 16.3 Å². The van der Waals surface area contributed by atoms with Gasteiger partial charge in [0.15, 0.2) is 0 Å². The molecule has 0 amide bonds. The molecule has 1 aromatic heterocycles. The van der Waals surface area contributed by atoms with Gasteiger partial charge in [-0.3, -0.25) is 9.98 Å². The lowest BCUT2D eigenvalue weighted by Gasteiger charge is -2.46. The first-order valence-corrected chi connectivity index (χ1v) is 14.8. The maximum Gasteiger partial charge on any atom is 0.0895 e. The van der Waals surface area contributed by atoms with Crippen molar-refractivity contribution in [3.05, 3.63) is 82.8 Å². The predicted molar refractivity (Wildman–Crippen MR) is 174 cm³/mol. The van der Waals surface area contributed by atoms with Crippen LogP contribution < -0.4 is 0 Å². The maximum atomic E-state index is 7.18. The fraction of sp³-hybridized carbons (Fsp3) is 0.400. The zero-order valence-electron chi connectivity index (χ0n) is 25.5. The second-order valence-corrected chi connectivity index (χ2v) is 12.3. The third-order valence-electron chi connectivity index (χ3n) is 7.66. The van der Waals surface area contributed by atoms with E-state index in [0.29, 0.717) is 16.4 Å². The second-order valence-electron chi connectivity index (χ2n) is 11.9. The van der Waals surface area contributed by atoms with Crippen LogP contribution in [0.1, 0.15) is 57.1 Å². The third-order valence-corrected chi connectivity index (χ3v) is 8.07. The average molecular weight is 571 g/mol. The number of halogens is 1. The number of hydrogen-bond acceptors (Lipinski definition) is 5. The molecule has 0 radical (unpaired) electrons. The number of aryl methyl sites for hydroxylation is 1. The zero-order chi connectivity index (χ0) is 29.7. The third kappa shape index (κ3) is 7.21. The highest BCUT2D eigenvalue weighted by molar-refractivity contribution is 6.35. The number of hydrogen-bond donors (Lipinski definition) is 0. The SMILES string of the molecule is C=Cc1nc(-c2cccc(-c3cccc(/C(=C/C(C)OC)N=CC(C)CN4CC(C)(C)C4)c3Cl)c2C)cnc1CC. The number of likely N-dealkylation sites (tertiary alicyclic amines) is 1. The molecular weight excluding hydrogens is 528 g/mol. The quantitative estimate of drug-likeness (QED) is 0.217. The van der Waals surface area contributed by atoms with Gasteiger partial charge in [-0.15, -0.1) is 0 Å². The highest BCUT2D eigenvalue weighted by atomic mass is 35.5. The van der Waals surface area contributed by atoms with E-state index < -0.39 is 0 Å². The molecule has 1 aliphatic rings. The van der Waals surface area contributed by atoms with Gasteiger partial charge in [0.1, 0.15) is 0 Å². The Balaban J connectivity index is 1.69. The summed E-state index contributed by atoms with van der Waals surface area (Å²) in [5.41, 5.74) is 8.81. The Hall–Kier alpha value is -3.12. The van der Waals surface area contributed by atoms with E-state index in [1.54, 1.807) is 13.2 Å². The standard InChI is InChI=1S/C35H43ClN4O/c1-9-30-31(10-2)39-33(19-38-30)27-14-11-13-26(25(27)5)28-15-12-16-29(34(28)36)32(17-24(4)41-8)37-18-23(3)20-40-21-35(6,7)22-40/h10-19,23-24H,2,9,20-22H2,1,3-8H3/b32-17-,37-18?. The fourth-order valence-electron chi connectivity index (χ4n) is 5.58. The number of aromatic nitrogens is 2. The van der Waals surface area contributed by atoms with Gasteiger partial charge in [-0.2, -0.15) is 0 Å². The van der Waals surface area contributed by atoms with Gasteiger partial charge in [0.25, 0.3) is 0 Å². The van der Waals surface area contributed by atoms with Crippen LogP contribution in [0.25, 0.3) is 34.2 Å². The first-order valence-electron chi connectivity index (χ1n) is 14.5. The van der Waals surface area contributed by atoms with Crippen molar-refractivity contribution >= 4 is 29.6 Å². The van der Waals surface area contributed by atoms with Crippen LogP contribution in [-0.4, -0.2) is 53.9 Å². The summed E-state index contributed by atoms with van der Waals surface area (Å²) >= 11 is 7.18. The summed E-state index contributed by atoms with van der Waals surface area (Å²) in [6, 6.07) is 12.4. The molecule has 41 heavy (non-hydrogen) atoms. The lowest BCUT2D eigenvalue weighted by atomic mass is 9.84. The smallest absolute Gasteiger partial charge is 0.0895 e. The average Bonchev–Trinajstić information content (AvgIpc) is 2.94. The number of methoxy groups -OCH3 is 1. The van der Waals surface area contributed by atoms with E-state index in [2.05, 4.69) is 69.3 Å². The highest BCUT2D eigenvalue weighted by Gasteiger charge is 2.34. The summed E-state index contributed by atoms with van der Waals surface area (Å²) in [6.07, 6.45) is 8.40. The maximum absolute atomic E-state index is 7.18. The highest BCUT2D eigenvalue weighted by Crippen LogP contribution is 2.39. The summed E-state index contributed by atoms with van der Waals surface area (Å²) in [4.78, 5) is 17.0. The number of benzene rings is 2. The predicted octanol–water partition coefficient (Wildman–Crippen LogP) is 8.40. The largest absolute Gasteiger partial charge is 0.378 e. The number of aliphatic imine (C=N–C) groups is 1. The number of nitrogens with zero attached hydrogens (tertiary/aromatic N) is 4. The fourth-order valence-corrected chi connectivity index (χ4v) is 5.91. The molecule has 216 valence electrons. The molecule has 0 aliphatic carbocycles. The molecule has 5 nitrogen and oxygen atoms in total. The molecule has 2 aromatic carbocycles. The summed E-state index contributed by atoms with van der Waals surface area (Å²) < 4.78 is 5.58. The minimum absolute atomic E-state index is 0.109. The van der Waals surface area contributed by atoms with Gasteiger partial charge in [0, 0.05) is 55.6 Å². The molecule has 4 rings (SSSR count). The molecule has 3 aromatic rings. The van der Waals surface area contributed by atoms with E-state index in [-0.39, 0.29) is 6.10 Å². The first-order chi connectivity index (χ1) is 19.6. The van der Waals surface area contributed by atoms with Crippen LogP contribution in [-0.2, 0) is 11.2 Å². The lowest BCUT2D eigenvalue weighted by molar-refractivity contribution is 0.0267. The van der Waals surface area contributed by atoms with Crippen molar-refractivity contribution in [1.82, 2.24) is 14.9 Å². The van der Waals surface area contributed by atoms with Crippen molar-refractivity contribution in [1.29, 1.82) is 0 Å². The Morgan fingerprint density at radius 1 is 1.15 bits per heavy atom. The Morgan fingerprint density at radius 3 is 2.49 bits per heavy atom. The van der Waals surface area contributed by atoms with Crippen molar-refractivity contribution < 1.29 is 4.74 Å². The van der Waals surface area contributed by atoms with Crippen LogP contribution in [0.3, 0.4) is 0 Å². The Labute approximate surface area is 251 Å². The van der Waals surface area contributed by atoms with Gasteiger partial charge in [-0.05, 0) is 49.0 Å². The zero-order valence-corrected chi connectivity index (χ0v) is 26.3. The van der Waals surface area contributed by atoms with Gasteiger partial charge in [-0.25, -0.2) is 4.98 Å². The number of ether oxygens (including phenoxy) is 1. The monoisotopic (exact) mass is 570 g/mol. The molecule has 0 N–H and O–H groups in total. The topological polar surface area (TPSA) is 50.6 Å². The molecule has 2 heterocycles. The van der Waals surface area contributed by atoms with Gasteiger partial charge < -0.3 is 9.64 Å². The van der Waals surface area contributed by atoms with E-state index in [1.165, 1.54) is 0 Å². The minimum atomic E-state index is -0.109. The van der Waals surface area contributed by atoms with E-state index in [0.717, 1.165) is 76.7 Å². The Bertz CT molecular complexity index is 1450. The number of rotatable bonds is 11. The molecule has 6 heteroatoms. The van der Waals surface area contributed by atoms with E-state index in [1.807, 2.05) is 43.6 Å². The van der Waals surface area contributed by atoms with Crippen LogP contribution in [0, 0.1) is 18.3 Å². The van der Waals surface area contributed by atoms with Crippen molar-refractivity contribution in [2.45, 2.75) is 54.1 Å². The summed E-state index contributed by atoms with van der Waals surface area (Å²) in [5.74, 6) is 0.314. The van der Waals surface area contributed by atoms with E-state index in [4.69, 9.17) is 26.3 Å². The van der Waals surface area contributed by atoms with Crippen LogP contribution >= 0.6 is 11.6 Å². The Morgan fingerprint density at radius 2 is 1.83 bits per heavy atom. The van der Waals surface area contributed by atoms with Gasteiger partial charge >= 0.3 is 0 Å². The van der Waals surface area contributed by atoms with E-state index >= 15 is 0 Å². The van der Waals surface area contributed by atoms with Crippen LogP contribution in [0.5, 0.6) is 0 Å². The molecule has 0 bridgehead atoms. The normalized spacial score (nSPS) is 16.9. The first kappa shape index (κ1) is 30.8. The lowest BCUT2D eigenvalue weighted by Crippen LogP contribution is -2.54. The minimum Gasteiger partial charge on any atom is -0.378 e. The van der Waals surface area contributed by atoms with E-state index in [9.17, 15) is 0 Å². The van der Waals surface area contributed by atoms with Gasteiger partial charge in [-0.1, -0.05) is 82.3 Å². The van der Waals surface area contributed by atoms with Crippen LogP contribution in [0.4, 0.5) is 0 Å². The van der Waals surface area contributed by atoms with Crippen LogP contribution in [0.2, 0.25) is 5.02 Å². The Kier molecular flexibility index (Phi) is 9.96. The molecule has 1 saturated heterocycles. The van der Waals surface area contributed by atoms with Gasteiger partial charge in [0.2, 0.25) is 0 Å². The molecule has 0 saturated carbocycles. The summed E-state index contributed by atoms with van der Waals surface area (Å²) in [6.45, 7) is 20.2. The molecule has 1 fully saturated rings. The van der Waals surface area contributed by atoms with Crippen LogP contribution in [0.15, 0.2) is 60.2 Å². The van der Waals surface area contributed by atoms with Crippen molar-refractivity contribution in [3.8, 4) is 22.4 Å².